The predicted molar refractivity (Wildman–Crippen MR) is 88.1 cm³/mol. The molecular formula is C15H4FN5S3. The van der Waals surface area contributed by atoms with Crippen molar-refractivity contribution in [2.24, 2.45) is 0 Å². The van der Waals surface area contributed by atoms with Gasteiger partial charge in [-0.3, -0.25) is 0 Å². The smallest absolute Gasteiger partial charge is 0.178 e. The summed E-state index contributed by atoms with van der Waals surface area (Å²) in [6.45, 7) is 0. The van der Waals surface area contributed by atoms with E-state index >= 15 is 0 Å². The fourth-order valence-electron chi connectivity index (χ4n) is 1.73. The summed E-state index contributed by atoms with van der Waals surface area (Å²) in [6, 6.07) is 11.9. The molecule has 0 radical (unpaired) electrons. The Morgan fingerprint density at radius 3 is 2.08 bits per heavy atom. The summed E-state index contributed by atoms with van der Waals surface area (Å²) in [4.78, 5) is 8.86. The van der Waals surface area contributed by atoms with Crippen LogP contribution in [0.25, 0.3) is 0 Å². The summed E-state index contributed by atoms with van der Waals surface area (Å²) < 4.78 is 14.4. The van der Waals surface area contributed by atoms with Crippen LogP contribution in [0.15, 0.2) is 48.4 Å². The summed E-state index contributed by atoms with van der Waals surface area (Å²) in [6.07, 6.45) is 0. The van der Waals surface area contributed by atoms with Gasteiger partial charge >= 0.3 is 0 Å². The molecule has 0 bridgehead atoms. The van der Waals surface area contributed by atoms with E-state index in [9.17, 15) is 9.65 Å². The maximum absolute atomic E-state index is 13.8. The molecule has 0 amide bonds. The van der Waals surface area contributed by atoms with E-state index in [4.69, 9.17) is 10.5 Å². The van der Waals surface area contributed by atoms with Gasteiger partial charge in [0.25, 0.3) is 0 Å². The second-order valence-corrected chi connectivity index (χ2v) is 7.53. The molecule has 1 aliphatic rings. The van der Waals surface area contributed by atoms with Crippen molar-refractivity contribution in [3.8, 4) is 18.2 Å². The molecule has 0 aliphatic carbocycles. The van der Waals surface area contributed by atoms with Crippen molar-refractivity contribution >= 4 is 35.3 Å². The van der Waals surface area contributed by atoms with Gasteiger partial charge in [-0.05, 0) is 12.1 Å². The number of halogens is 1. The molecule has 9 heteroatoms. The standard InChI is InChI=1S/C15H4FN5S3/c16-8-3-1-2-4-11(8)22-12(7-19)15-23-13-14(24-15)21-10(6-18)9(5-17)20-13/h1-4H. The number of nitrogens with zero attached hydrogens (tertiary/aromatic N) is 5. The van der Waals surface area contributed by atoms with E-state index in [-0.39, 0.29) is 11.4 Å². The van der Waals surface area contributed by atoms with Gasteiger partial charge in [0.2, 0.25) is 0 Å². The van der Waals surface area contributed by atoms with Crippen molar-refractivity contribution in [1.82, 2.24) is 9.97 Å². The largest absolute Gasteiger partial charge is 0.224 e. The molecule has 3 rings (SSSR count). The first-order valence-corrected chi connectivity index (χ1v) is 8.76. The van der Waals surface area contributed by atoms with Crippen LogP contribution in [0.4, 0.5) is 4.39 Å². The maximum atomic E-state index is 13.8. The summed E-state index contributed by atoms with van der Waals surface area (Å²) in [7, 11) is 0. The number of rotatable bonds is 2. The monoisotopic (exact) mass is 369 g/mol. The van der Waals surface area contributed by atoms with E-state index in [1.165, 1.54) is 29.6 Å². The van der Waals surface area contributed by atoms with E-state index in [1.807, 2.05) is 12.1 Å². The number of thioether (sulfide) groups is 3. The van der Waals surface area contributed by atoms with E-state index < -0.39 is 5.82 Å². The molecule has 1 aromatic carbocycles. The van der Waals surface area contributed by atoms with E-state index in [2.05, 4.69) is 16.0 Å². The SMILES string of the molecule is N#CC(Sc1ccccc1F)=C1Sc2nc(C#N)c(C#N)nc2S1. The van der Waals surface area contributed by atoms with Crippen LogP contribution in [0, 0.1) is 39.8 Å². The summed E-state index contributed by atoms with van der Waals surface area (Å²) in [5, 5.41) is 28.3. The van der Waals surface area contributed by atoms with Crippen LogP contribution < -0.4 is 0 Å². The Balaban J connectivity index is 1.97. The Bertz CT molecular complexity index is 953. The van der Waals surface area contributed by atoms with Gasteiger partial charge in [-0.15, -0.1) is 0 Å². The minimum absolute atomic E-state index is 0.0501. The fourth-order valence-corrected chi connectivity index (χ4v) is 4.95. The van der Waals surface area contributed by atoms with Crippen LogP contribution >= 0.6 is 35.3 Å². The number of nitriles is 3. The zero-order valence-corrected chi connectivity index (χ0v) is 14.1. The van der Waals surface area contributed by atoms with Crippen LogP contribution in [0.5, 0.6) is 0 Å². The van der Waals surface area contributed by atoms with Crippen molar-refractivity contribution in [3.63, 3.8) is 0 Å². The first-order valence-electron chi connectivity index (χ1n) is 6.31. The zero-order valence-electron chi connectivity index (χ0n) is 11.6. The Morgan fingerprint density at radius 1 is 1.00 bits per heavy atom. The van der Waals surface area contributed by atoms with Gasteiger partial charge in [-0.25, -0.2) is 14.4 Å². The Morgan fingerprint density at radius 2 is 1.58 bits per heavy atom. The molecule has 24 heavy (non-hydrogen) atoms. The Labute approximate surface area is 149 Å². The number of fused-ring (bicyclic) bond motifs is 1. The molecule has 0 saturated carbocycles. The lowest BCUT2D eigenvalue weighted by atomic mass is 10.3. The molecule has 2 heterocycles. The molecule has 0 saturated heterocycles. The molecule has 1 aliphatic heterocycles. The van der Waals surface area contributed by atoms with Crippen molar-refractivity contribution in [2.45, 2.75) is 14.9 Å². The Kier molecular flexibility index (Phi) is 4.73. The molecular weight excluding hydrogens is 365 g/mol. The first-order chi connectivity index (χ1) is 11.7. The molecule has 0 spiro atoms. The number of allylic oxidation sites excluding steroid dienone is 1. The minimum Gasteiger partial charge on any atom is -0.224 e. The third-order valence-corrected chi connectivity index (χ3v) is 6.43. The van der Waals surface area contributed by atoms with Crippen molar-refractivity contribution in [3.05, 3.63) is 50.6 Å². The van der Waals surface area contributed by atoms with Crippen molar-refractivity contribution in [2.75, 3.05) is 0 Å². The van der Waals surface area contributed by atoms with Crippen molar-refractivity contribution < 1.29 is 4.39 Å². The Hall–Kier alpha value is -2.51. The summed E-state index contributed by atoms with van der Waals surface area (Å²) in [5.41, 5.74) is -0.100. The van der Waals surface area contributed by atoms with Gasteiger partial charge in [0, 0.05) is 4.90 Å². The second-order valence-electron chi connectivity index (χ2n) is 4.22. The fraction of sp³-hybridized carbons (Fsp3) is 0. The lowest BCUT2D eigenvalue weighted by Crippen LogP contribution is -1.96. The van der Waals surface area contributed by atoms with Gasteiger partial charge in [-0.2, -0.15) is 15.8 Å². The zero-order chi connectivity index (χ0) is 17.1. The average Bonchev–Trinajstić information content (AvgIpc) is 3.02. The van der Waals surface area contributed by atoms with Crippen LogP contribution in [0.2, 0.25) is 0 Å². The minimum atomic E-state index is -0.406. The lowest BCUT2D eigenvalue weighted by molar-refractivity contribution is 0.602. The van der Waals surface area contributed by atoms with E-state index in [1.54, 1.807) is 18.2 Å². The van der Waals surface area contributed by atoms with Crippen LogP contribution in [0.3, 0.4) is 0 Å². The van der Waals surface area contributed by atoms with Crippen LogP contribution in [0.1, 0.15) is 11.4 Å². The summed E-state index contributed by atoms with van der Waals surface area (Å²) in [5.74, 6) is -0.406. The molecule has 2 aromatic rings. The van der Waals surface area contributed by atoms with Crippen LogP contribution in [-0.4, -0.2) is 9.97 Å². The van der Waals surface area contributed by atoms with Gasteiger partial charge < -0.3 is 0 Å². The highest BCUT2D eigenvalue weighted by Crippen LogP contribution is 2.52. The lowest BCUT2D eigenvalue weighted by Gasteiger charge is -2.03. The number of hydrogen-bond donors (Lipinski definition) is 0. The third-order valence-electron chi connectivity index (χ3n) is 2.76. The average molecular weight is 369 g/mol. The van der Waals surface area contributed by atoms with E-state index in [0.717, 1.165) is 11.8 Å². The molecule has 0 unspecified atom stereocenters. The molecule has 1 aromatic heterocycles. The third kappa shape index (κ3) is 3.08. The highest BCUT2D eigenvalue weighted by molar-refractivity contribution is 8.25. The summed E-state index contributed by atoms with van der Waals surface area (Å²) >= 11 is 3.39. The quantitative estimate of drug-likeness (QED) is 0.578. The highest BCUT2D eigenvalue weighted by Gasteiger charge is 2.27. The van der Waals surface area contributed by atoms with Gasteiger partial charge in [0.15, 0.2) is 11.4 Å². The number of benzene rings is 1. The second kappa shape index (κ2) is 6.94. The topological polar surface area (TPSA) is 97.1 Å². The predicted octanol–water partition coefficient (Wildman–Crippen LogP) is 4.04. The molecule has 0 N–H and O–H groups in total. The first kappa shape index (κ1) is 16.4. The molecule has 0 atom stereocenters. The number of aromatic nitrogens is 2. The van der Waals surface area contributed by atoms with Crippen LogP contribution in [-0.2, 0) is 0 Å². The van der Waals surface area contributed by atoms with Gasteiger partial charge in [0.05, 0.1) is 4.24 Å². The number of hydrogen-bond acceptors (Lipinski definition) is 8. The van der Waals surface area contributed by atoms with Crippen molar-refractivity contribution in [1.29, 1.82) is 15.8 Å². The molecule has 0 fully saturated rings. The normalized spacial score (nSPS) is 12.0. The molecule has 5 nitrogen and oxygen atoms in total. The molecule has 114 valence electrons. The maximum Gasteiger partial charge on any atom is 0.178 e. The highest BCUT2D eigenvalue weighted by atomic mass is 32.2. The van der Waals surface area contributed by atoms with Gasteiger partial charge in [0.1, 0.15) is 39.0 Å². The van der Waals surface area contributed by atoms with Gasteiger partial charge in [-0.1, -0.05) is 47.4 Å². The van der Waals surface area contributed by atoms with E-state index in [0.29, 0.717) is 24.1 Å².